The quantitative estimate of drug-likeness (QED) is 0.310. The number of nitrogens with zero attached hydrogens (tertiary/aromatic N) is 1. The van der Waals surface area contributed by atoms with E-state index in [9.17, 15) is 9.59 Å². The summed E-state index contributed by atoms with van der Waals surface area (Å²) in [5.74, 6) is -0.358. The topological polar surface area (TPSA) is 49.4 Å². The molecule has 37 heavy (non-hydrogen) atoms. The molecule has 6 heteroatoms. The van der Waals surface area contributed by atoms with Gasteiger partial charge in [0.1, 0.15) is 6.04 Å². The molecule has 1 aliphatic rings. The van der Waals surface area contributed by atoms with Gasteiger partial charge >= 0.3 is 0 Å². The van der Waals surface area contributed by atoms with E-state index >= 15 is 0 Å². The maximum atomic E-state index is 14.0. The van der Waals surface area contributed by atoms with E-state index in [1.807, 2.05) is 66.7 Å². The van der Waals surface area contributed by atoms with Gasteiger partial charge in [-0.05, 0) is 48.6 Å². The molecule has 1 fully saturated rings. The van der Waals surface area contributed by atoms with Gasteiger partial charge in [-0.1, -0.05) is 109 Å². The van der Waals surface area contributed by atoms with Gasteiger partial charge in [0.25, 0.3) is 0 Å². The highest BCUT2D eigenvalue weighted by atomic mass is 35.5. The first-order valence-corrected chi connectivity index (χ1v) is 13.8. The van der Waals surface area contributed by atoms with Gasteiger partial charge in [-0.15, -0.1) is 0 Å². The van der Waals surface area contributed by atoms with Crippen LogP contribution in [-0.2, 0) is 16.1 Å². The highest BCUT2D eigenvalue weighted by Gasteiger charge is 2.30. The van der Waals surface area contributed by atoms with E-state index in [1.165, 1.54) is 6.42 Å². The van der Waals surface area contributed by atoms with E-state index in [1.54, 1.807) is 24.0 Å². The van der Waals surface area contributed by atoms with E-state index in [-0.39, 0.29) is 36.7 Å². The van der Waals surface area contributed by atoms with Gasteiger partial charge in [0, 0.05) is 35.0 Å². The third-order valence-electron chi connectivity index (χ3n) is 7.26. The molecular formula is C31H34Cl2N2O2. The molecule has 1 saturated carbocycles. The summed E-state index contributed by atoms with van der Waals surface area (Å²) in [7, 11) is 0. The van der Waals surface area contributed by atoms with E-state index in [0.29, 0.717) is 10.0 Å². The smallest absolute Gasteiger partial charge is 0.242 e. The van der Waals surface area contributed by atoms with Crippen molar-refractivity contribution in [3.63, 3.8) is 0 Å². The zero-order valence-electron chi connectivity index (χ0n) is 21.2. The number of halogens is 2. The van der Waals surface area contributed by atoms with E-state index < -0.39 is 6.04 Å². The first-order valence-electron chi connectivity index (χ1n) is 13.1. The molecule has 1 aliphatic carbocycles. The van der Waals surface area contributed by atoms with Crippen LogP contribution in [-0.4, -0.2) is 28.8 Å². The zero-order valence-corrected chi connectivity index (χ0v) is 22.7. The predicted octanol–water partition coefficient (Wildman–Crippen LogP) is 7.38. The van der Waals surface area contributed by atoms with Crippen LogP contribution in [0, 0.1) is 0 Å². The summed E-state index contributed by atoms with van der Waals surface area (Å²) in [5, 5.41) is 4.20. The van der Waals surface area contributed by atoms with Crippen molar-refractivity contribution in [1.82, 2.24) is 10.2 Å². The van der Waals surface area contributed by atoms with Crippen molar-refractivity contribution < 1.29 is 9.59 Å². The SMILES string of the molecule is C[C@H](C(=O)NC1CCCCC1)N(Cc1ccc(Cl)cc1Cl)C(=O)CC(c1ccccc1)c1ccccc1. The lowest BCUT2D eigenvalue weighted by atomic mass is 9.88. The maximum Gasteiger partial charge on any atom is 0.242 e. The second-order valence-electron chi connectivity index (χ2n) is 9.85. The summed E-state index contributed by atoms with van der Waals surface area (Å²) in [6, 6.07) is 24.9. The molecule has 3 aromatic carbocycles. The predicted molar refractivity (Wildman–Crippen MR) is 151 cm³/mol. The molecule has 0 bridgehead atoms. The molecule has 0 unspecified atom stereocenters. The lowest BCUT2D eigenvalue weighted by molar-refractivity contribution is -0.141. The second kappa shape index (κ2) is 13.1. The molecule has 0 radical (unpaired) electrons. The van der Waals surface area contributed by atoms with Crippen molar-refractivity contribution >= 4 is 35.0 Å². The molecule has 3 aromatic rings. The van der Waals surface area contributed by atoms with Crippen molar-refractivity contribution in [2.75, 3.05) is 0 Å². The molecule has 0 saturated heterocycles. The summed E-state index contributed by atoms with van der Waals surface area (Å²) in [6.45, 7) is 2.03. The van der Waals surface area contributed by atoms with Crippen LogP contribution in [0.2, 0.25) is 10.0 Å². The van der Waals surface area contributed by atoms with Crippen LogP contribution in [0.4, 0.5) is 0 Å². The van der Waals surface area contributed by atoms with Gasteiger partial charge in [-0.2, -0.15) is 0 Å². The summed E-state index contributed by atoms with van der Waals surface area (Å²) < 4.78 is 0. The van der Waals surface area contributed by atoms with Crippen molar-refractivity contribution in [2.45, 2.75) is 70.0 Å². The van der Waals surface area contributed by atoms with Crippen LogP contribution in [0.5, 0.6) is 0 Å². The minimum atomic E-state index is -0.645. The Balaban J connectivity index is 1.61. The van der Waals surface area contributed by atoms with Crippen LogP contribution in [0.15, 0.2) is 78.9 Å². The summed E-state index contributed by atoms with van der Waals surface area (Å²) in [5.41, 5.74) is 2.88. The Morgan fingerprint density at radius 3 is 2.05 bits per heavy atom. The molecule has 1 atom stereocenters. The highest BCUT2D eigenvalue weighted by Crippen LogP contribution is 2.30. The van der Waals surface area contributed by atoms with Gasteiger partial charge in [-0.25, -0.2) is 0 Å². The lowest BCUT2D eigenvalue weighted by Crippen LogP contribution is -2.50. The summed E-state index contributed by atoms with van der Waals surface area (Å²) >= 11 is 12.6. The zero-order chi connectivity index (χ0) is 26.2. The van der Waals surface area contributed by atoms with Gasteiger partial charge in [0.15, 0.2) is 0 Å². The maximum absolute atomic E-state index is 14.0. The van der Waals surface area contributed by atoms with E-state index in [0.717, 1.165) is 42.4 Å². The second-order valence-corrected chi connectivity index (χ2v) is 10.7. The average Bonchev–Trinajstić information content (AvgIpc) is 2.92. The van der Waals surface area contributed by atoms with Gasteiger partial charge in [0.05, 0.1) is 0 Å². The summed E-state index contributed by atoms with van der Waals surface area (Å²) in [4.78, 5) is 29.0. The Hall–Kier alpha value is -2.82. The standard InChI is InChI=1S/C31H34Cl2N2O2/c1-22(31(37)34-27-15-9-4-10-16-27)35(21-25-17-18-26(32)19-29(25)33)30(36)20-28(23-11-5-2-6-12-23)24-13-7-3-8-14-24/h2-3,5-8,11-14,17-19,22,27-28H,4,9-10,15-16,20-21H2,1H3,(H,34,37)/t22-/m1/s1. The Morgan fingerprint density at radius 2 is 1.49 bits per heavy atom. The fourth-order valence-corrected chi connectivity index (χ4v) is 5.54. The highest BCUT2D eigenvalue weighted by molar-refractivity contribution is 6.35. The number of carbonyl (C=O) groups is 2. The number of rotatable bonds is 9. The van der Waals surface area contributed by atoms with Crippen LogP contribution < -0.4 is 5.32 Å². The Labute approximate surface area is 230 Å². The Kier molecular flexibility index (Phi) is 9.65. The van der Waals surface area contributed by atoms with Crippen molar-refractivity contribution in [1.29, 1.82) is 0 Å². The molecule has 0 spiro atoms. The molecule has 0 aliphatic heterocycles. The third kappa shape index (κ3) is 7.37. The largest absolute Gasteiger partial charge is 0.352 e. The number of nitrogens with one attached hydrogen (secondary N) is 1. The number of hydrogen-bond acceptors (Lipinski definition) is 2. The number of benzene rings is 3. The number of carbonyl (C=O) groups excluding carboxylic acids is 2. The lowest BCUT2D eigenvalue weighted by Gasteiger charge is -2.32. The van der Waals surface area contributed by atoms with Crippen LogP contribution >= 0.6 is 23.2 Å². The number of amides is 2. The van der Waals surface area contributed by atoms with Crippen LogP contribution in [0.1, 0.15) is 68.1 Å². The molecule has 0 heterocycles. The third-order valence-corrected chi connectivity index (χ3v) is 7.84. The first kappa shape index (κ1) is 27.2. The van der Waals surface area contributed by atoms with Gasteiger partial charge < -0.3 is 10.2 Å². The molecule has 4 rings (SSSR count). The van der Waals surface area contributed by atoms with Crippen molar-refractivity contribution in [2.24, 2.45) is 0 Å². The molecule has 194 valence electrons. The van der Waals surface area contributed by atoms with Crippen LogP contribution in [0.3, 0.4) is 0 Å². The van der Waals surface area contributed by atoms with Crippen molar-refractivity contribution in [3.8, 4) is 0 Å². The van der Waals surface area contributed by atoms with E-state index in [4.69, 9.17) is 23.2 Å². The average molecular weight is 538 g/mol. The monoisotopic (exact) mass is 536 g/mol. The first-order chi connectivity index (χ1) is 17.9. The normalized spacial score (nSPS) is 14.8. The fourth-order valence-electron chi connectivity index (χ4n) is 5.08. The minimum absolute atomic E-state index is 0.102. The van der Waals surface area contributed by atoms with E-state index in [2.05, 4.69) is 5.32 Å². The Morgan fingerprint density at radius 1 is 0.892 bits per heavy atom. The Bertz CT molecular complexity index is 1140. The van der Waals surface area contributed by atoms with Gasteiger partial charge in [0.2, 0.25) is 11.8 Å². The van der Waals surface area contributed by atoms with Crippen LogP contribution in [0.25, 0.3) is 0 Å². The molecule has 0 aromatic heterocycles. The summed E-state index contributed by atoms with van der Waals surface area (Å²) in [6.07, 6.45) is 5.66. The minimum Gasteiger partial charge on any atom is -0.352 e. The van der Waals surface area contributed by atoms with Gasteiger partial charge in [-0.3, -0.25) is 9.59 Å². The molecule has 4 nitrogen and oxygen atoms in total. The molecule has 1 N–H and O–H groups in total. The molecular weight excluding hydrogens is 503 g/mol. The molecule has 2 amide bonds. The fraction of sp³-hybridized carbons (Fsp3) is 0.355. The van der Waals surface area contributed by atoms with Crippen molar-refractivity contribution in [3.05, 3.63) is 106 Å². The number of hydrogen-bond donors (Lipinski definition) is 1.